The van der Waals surface area contributed by atoms with E-state index in [1.54, 1.807) is 12.1 Å². The van der Waals surface area contributed by atoms with Gasteiger partial charge in [-0.2, -0.15) is 0 Å². The molecule has 158 valence electrons. The maximum atomic E-state index is 13.9. The van der Waals surface area contributed by atoms with Crippen LogP contribution in [0.1, 0.15) is 28.8 Å². The lowest BCUT2D eigenvalue weighted by molar-refractivity contribution is -0.121. The summed E-state index contributed by atoms with van der Waals surface area (Å²) in [6.45, 7) is 0. The lowest BCUT2D eigenvalue weighted by Crippen LogP contribution is -2.29. The number of nitrogens with zero attached hydrogens (tertiary/aromatic N) is 1. The van der Waals surface area contributed by atoms with Gasteiger partial charge in [-0.25, -0.2) is 18.2 Å². The first-order valence-electron chi connectivity index (χ1n) is 9.48. The van der Waals surface area contributed by atoms with E-state index in [1.807, 2.05) is 17.5 Å². The number of hydrogen-bond acceptors (Lipinski definition) is 4. The summed E-state index contributed by atoms with van der Waals surface area (Å²) >= 11 is 1.49. The second-order valence-corrected chi connectivity index (χ2v) is 7.79. The quantitative estimate of drug-likeness (QED) is 0.402. The lowest BCUT2D eigenvalue weighted by atomic mass is 10.0. The Hall–Kier alpha value is -3.39. The minimum Gasteiger partial charge on any atom is -0.441 e. The number of thiophene rings is 1. The fourth-order valence-electron chi connectivity index (χ4n) is 3.12. The molecule has 8 heteroatoms. The van der Waals surface area contributed by atoms with E-state index in [0.29, 0.717) is 0 Å². The van der Waals surface area contributed by atoms with E-state index in [0.717, 1.165) is 22.6 Å². The molecule has 1 unspecified atom stereocenters. The SMILES string of the molecule is O=C(CCc1ncc(-c2ccc(F)cc2F)o1)NC(c1ccc(F)cc1)c1cccs1. The molecule has 4 aromatic rings. The normalized spacial score (nSPS) is 12.0. The van der Waals surface area contributed by atoms with E-state index in [1.165, 1.54) is 35.7 Å². The number of hydrogen-bond donors (Lipinski definition) is 1. The van der Waals surface area contributed by atoms with Crippen LogP contribution in [0.4, 0.5) is 13.2 Å². The predicted octanol–water partition coefficient (Wildman–Crippen LogP) is 5.66. The average Bonchev–Trinajstić information content (AvgIpc) is 3.44. The van der Waals surface area contributed by atoms with Crippen molar-refractivity contribution in [3.63, 3.8) is 0 Å². The van der Waals surface area contributed by atoms with Crippen LogP contribution in [0.15, 0.2) is 70.6 Å². The second-order valence-electron chi connectivity index (χ2n) is 6.81. The summed E-state index contributed by atoms with van der Waals surface area (Å²) in [5.41, 5.74) is 0.862. The minimum atomic E-state index is -0.751. The van der Waals surface area contributed by atoms with Crippen LogP contribution in [0, 0.1) is 17.5 Å². The van der Waals surface area contributed by atoms with E-state index >= 15 is 0 Å². The number of benzene rings is 2. The van der Waals surface area contributed by atoms with Crippen LogP contribution in [0.2, 0.25) is 0 Å². The first kappa shape index (κ1) is 20.9. The third-order valence-electron chi connectivity index (χ3n) is 4.65. The van der Waals surface area contributed by atoms with Gasteiger partial charge < -0.3 is 9.73 Å². The van der Waals surface area contributed by atoms with Crippen LogP contribution in [0.25, 0.3) is 11.3 Å². The van der Waals surface area contributed by atoms with E-state index in [9.17, 15) is 18.0 Å². The number of rotatable bonds is 7. The van der Waals surface area contributed by atoms with Gasteiger partial charge in [-0.15, -0.1) is 11.3 Å². The van der Waals surface area contributed by atoms with Crippen LogP contribution in [0.5, 0.6) is 0 Å². The Morgan fingerprint density at radius 3 is 2.55 bits per heavy atom. The molecule has 1 amide bonds. The van der Waals surface area contributed by atoms with Crippen LogP contribution in [-0.2, 0) is 11.2 Å². The monoisotopic (exact) mass is 442 g/mol. The van der Waals surface area contributed by atoms with Gasteiger partial charge in [-0.3, -0.25) is 4.79 Å². The Balaban J connectivity index is 1.42. The van der Waals surface area contributed by atoms with Gasteiger partial charge in [0.25, 0.3) is 0 Å². The Labute approximate surface area is 180 Å². The molecule has 0 aliphatic heterocycles. The zero-order chi connectivity index (χ0) is 21.8. The zero-order valence-electron chi connectivity index (χ0n) is 16.1. The van der Waals surface area contributed by atoms with E-state index in [-0.39, 0.29) is 41.8 Å². The van der Waals surface area contributed by atoms with Crippen molar-refractivity contribution in [3.05, 3.63) is 100.0 Å². The van der Waals surface area contributed by atoms with E-state index < -0.39 is 17.7 Å². The Morgan fingerprint density at radius 1 is 1.06 bits per heavy atom. The highest BCUT2D eigenvalue weighted by Crippen LogP contribution is 2.27. The van der Waals surface area contributed by atoms with Crippen LogP contribution in [0.3, 0.4) is 0 Å². The van der Waals surface area contributed by atoms with Crippen molar-refractivity contribution in [3.8, 4) is 11.3 Å². The highest BCUT2D eigenvalue weighted by Gasteiger charge is 2.19. The fourth-order valence-corrected chi connectivity index (χ4v) is 3.93. The van der Waals surface area contributed by atoms with Crippen molar-refractivity contribution < 1.29 is 22.4 Å². The van der Waals surface area contributed by atoms with Crippen LogP contribution >= 0.6 is 11.3 Å². The van der Waals surface area contributed by atoms with Crippen LogP contribution < -0.4 is 5.32 Å². The number of amides is 1. The minimum absolute atomic E-state index is 0.0922. The second kappa shape index (κ2) is 9.18. The molecule has 0 fully saturated rings. The van der Waals surface area contributed by atoms with Crippen molar-refractivity contribution in [2.75, 3.05) is 0 Å². The molecule has 4 nitrogen and oxygen atoms in total. The smallest absolute Gasteiger partial charge is 0.221 e. The summed E-state index contributed by atoms with van der Waals surface area (Å²) in [6.07, 6.45) is 1.64. The van der Waals surface area contributed by atoms with Gasteiger partial charge in [0.1, 0.15) is 17.5 Å². The summed E-state index contributed by atoms with van der Waals surface area (Å²) in [7, 11) is 0. The highest BCUT2D eigenvalue weighted by atomic mass is 32.1. The predicted molar refractivity (Wildman–Crippen MR) is 111 cm³/mol. The first-order chi connectivity index (χ1) is 15.0. The highest BCUT2D eigenvalue weighted by molar-refractivity contribution is 7.10. The summed E-state index contributed by atoms with van der Waals surface area (Å²) in [6, 6.07) is 12.5. The molecule has 2 aromatic heterocycles. The molecule has 31 heavy (non-hydrogen) atoms. The zero-order valence-corrected chi connectivity index (χ0v) is 17.0. The molecule has 1 atom stereocenters. The average molecular weight is 442 g/mol. The molecular weight excluding hydrogens is 425 g/mol. The third-order valence-corrected chi connectivity index (χ3v) is 5.59. The number of aryl methyl sites for hydroxylation is 1. The lowest BCUT2D eigenvalue weighted by Gasteiger charge is -2.18. The number of carbonyl (C=O) groups is 1. The number of nitrogens with one attached hydrogen (secondary N) is 1. The summed E-state index contributed by atoms with van der Waals surface area (Å²) in [4.78, 5) is 17.6. The van der Waals surface area contributed by atoms with Crippen LogP contribution in [-0.4, -0.2) is 10.9 Å². The van der Waals surface area contributed by atoms with E-state index in [2.05, 4.69) is 10.3 Å². The molecule has 1 N–H and O–H groups in total. The Morgan fingerprint density at radius 2 is 1.84 bits per heavy atom. The van der Waals surface area contributed by atoms with Crippen molar-refractivity contribution in [2.24, 2.45) is 0 Å². The number of halogens is 3. The fraction of sp³-hybridized carbons (Fsp3) is 0.130. The van der Waals surface area contributed by atoms with Gasteiger partial charge in [0.15, 0.2) is 11.7 Å². The van der Waals surface area contributed by atoms with Gasteiger partial charge in [-0.05, 0) is 41.3 Å². The molecule has 0 saturated carbocycles. The van der Waals surface area contributed by atoms with Gasteiger partial charge >= 0.3 is 0 Å². The summed E-state index contributed by atoms with van der Waals surface area (Å²) < 4.78 is 45.8. The topological polar surface area (TPSA) is 55.1 Å². The van der Waals surface area contributed by atoms with Gasteiger partial charge in [-0.1, -0.05) is 18.2 Å². The molecule has 4 rings (SSSR count). The Bertz CT molecular complexity index is 1170. The molecule has 2 aromatic carbocycles. The number of aromatic nitrogens is 1. The third kappa shape index (κ3) is 5.03. The summed E-state index contributed by atoms with van der Waals surface area (Å²) in [5, 5.41) is 4.86. The molecule has 2 heterocycles. The summed E-state index contributed by atoms with van der Waals surface area (Å²) in [5.74, 6) is -1.59. The number of oxazole rings is 1. The molecule has 0 spiro atoms. The van der Waals surface area contributed by atoms with E-state index in [4.69, 9.17) is 4.42 Å². The molecule has 0 aliphatic carbocycles. The van der Waals surface area contributed by atoms with Crippen molar-refractivity contribution in [1.29, 1.82) is 0 Å². The number of carbonyl (C=O) groups excluding carboxylic acids is 1. The first-order valence-corrected chi connectivity index (χ1v) is 10.4. The standard InChI is InChI=1S/C23H17F3N2O2S/c24-15-5-3-14(4-6-15)23(20-2-1-11-31-20)28-21(29)9-10-22-27-13-19(30-22)17-8-7-16(25)12-18(17)26/h1-8,11-13,23H,9-10H2,(H,28,29). The molecule has 0 saturated heterocycles. The Kier molecular flexibility index (Phi) is 6.18. The molecule has 0 aliphatic rings. The van der Waals surface area contributed by atoms with Gasteiger partial charge in [0, 0.05) is 23.8 Å². The maximum Gasteiger partial charge on any atom is 0.221 e. The van der Waals surface area contributed by atoms with Crippen molar-refractivity contribution >= 4 is 17.2 Å². The van der Waals surface area contributed by atoms with Gasteiger partial charge in [0.05, 0.1) is 17.8 Å². The molecule has 0 radical (unpaired) electrons. The molecular formula is C23H17F3N2O2S. The van der Waals surface area contributed by atoms with Crippen molar-refractivity contribution in [2.45, 2.75) is 18.9 Å². The largest absolute Gasteiger partial charge is 0.441 e. The molecule has 0 bridgehead atoms. The van der Waals surface area contributed by atoms with Crippen molar-refractivity contribution in [1.82, 2.24) is 10.3 Å². The van der Waals surface area contributed by atoms with Gasteiger partial charge in [0.2, 0.25) is 5.91 Å². The maximum absolute atomic E-state index is 13.9.